The Morgan fingerprint density at radius 3 is 2.14 bits per heavy atom. The molecule has 1 heterocycles. The topological polar surface area (TPSA) is 27.7 Å². The first-order chi connectivity index (χ1) is 9.86. The highest BCUT2D eigenvalue weighted by atomic mass is 16.7. The molecule has 2 rings (SSSR count). The average Bonchev–Trinajstić information content (AvgIpc) is 2.64. The summed E-state index contributed by atoms with van der Waals surface area (Å²) < 4.78 is 18.0. The third-order valence-electron chi connectivity index (χ3n) is 4.53. The zero-order chi connectivity index (χ0) is 15.5. The van der Waals surface area contributed by atoms with Crippen LogP contribution in [-0.2, 0) is 20.5 Å². The number of hydrogen-bond donors (Lipinski definition) is 0. The first-order valence-corrected chi connectivity index (χ1v) is 7.83. The van der Waals surface area contributed by atoms with E-state index in [2.05, 4.69) is 52.0 Å². The third-order valence-corrected chi connectivity index (χ3v) is 4.53. The molecule has 1 aliphatic heterocycles. The van der Waals surface area contributed by atoms with Crippen LogP contribution in [0, 0.1) is 0 Å². The SMILES string of the molecule is CCOCC(Cc1ccccc1)B1OC(C)(C)C(C)(C)O1. The first-order valence-electron chi connectivity index (χ1n) is 7.83. The van der Waals surface area contributed by atoms with Crippen molar-refractivity contribution in [3.63, 3.8) is 0 Å². The van der Waals surface area contributed by atoms with Crippen molar-refractivity contribution in [2.45, 2.75) is 58.1 Å². The van der Waals surface area contributed by atoms with E-state index >= 15 is 0 Å². The second kappa shape index (κ2) is 6.51. The van der Waals surface area contributed by atoms with Crippen LogP contribution in [0.1, 0.15) is 40.2 Å². The highest BCUT2D eigenvalue weighted by Gasteiger charge is 2.53. The predicted molar refractivity (Wildman–Crippen MR) is 86.5 cm³/mol. The van der Waals surface area contributed by atoms with Crippen LogP contribution < -0.4 is 0 Å². The van der Waals surface area contributed by atoms with Crippen LogP contribution in [0.2, 0.25) is 5.82 Å². The summed E-state index contributed by atoms with van der Waals surface area (Å²) in [7, 11) is -0.221. The summed E-state index contributed by atoms with van der Waals surface area (Å²) in [4.78, 5) is 0. The van der Waals surface area contributed by atoms with Crippen LogP contribution >= 0.6 is 0 Å². The van der Waals surface area contributed by atoms with E-state index in [1.54, 1.807) is 0 Å². The fraction of sp³-hybridized carbons (Fsp3) is 0.647. The smallest absolute Gasteiger partial charge is 0.403 e. The molecule has 1 unspecified atom stereocenters. The van der Waals surface area contributed by atoms with Crippen molar-refractivity contribution in [2.24, 2.45) is 0 Å². The molecule has 0 radical (unpaired) electrons. The summed E-state index contributed by atoms with van der Waals surface area (Å²) in [5.41, 5.74) is 0.703. The van der Waals surface area contributed by atoms with Crippen molar-refractivity contribution in [1.29, 1.82) is 0 Å². The van der Waals surface area contributed by atoms with Gasteiger partial charge in [-0.3, -0.25) is 0 Å². The Hall–Kier alpha value is -0.835. The van der Waals surface area contributed by atoms with Crippen molar-refractivity contribution >= 4 is 7.12 Å². The van der Waals surface area contributed by atoms with Crippen molar-refractivity contribution in [1.82, 2.24) is 0 Å². The molecule has 0 aromatic heterocycles. The van der Waals surface area contributed by atoms with E-state index in [1.807, 2.05) is 13.0 Å². The number of ether oxygens (including phenoxy) is 1. The standard InChI is InChI=1S/C17H27BO3/c1-6-19-13-15(12-14-10-8-7-9-11-14)18-20-16(2,3)17(4,5)21-18/h7-11,15H,6,12-13H2,1-5H3. The molecule has 21 heavy (non-hydrogen) atoms. The minimum Gasteiger partial charge on any atom is -0.403 e. The van der Waals surface area contributed by atoms with Crippen molar-refractivity contribution in [2.75, 3.05) is 13.2 Å². The Balaban J connectivity index is 2.10. The Morgan fingerprint density at radius 1 is 1.05 bits per heavy atom. The van der Waals surface area contributed by atoms with Crippen LogP contribution in [0.25, 0.3) is 0 Å². The lowest BCUT2D eigenvalue weighted by molar-refractivity contribution is 0.00578. The lowest BCUT2D eigenvalue weighted by atomic mass is 9.69. The van der Waals surface area contributed by atoms with Gasteiger partial charge in [-0.2, -0.15) is 0 Å². The number of rotatable bonds is 6. The minimum atomic E-state index is -0.293. The quantitative estimate of drug-likeness (QED) is 0.747. The maximum absolute atomic E-state index is 6.19. The van der Waals surface area contributed by atoms with Crippen LogP contribution in [0.15, 0.2) is 30.3 Å². The van der Waals surface area contributed by atoms with Crippen molar-refractivity contribution < 1.29 is 14.0 Å². The molecule has 1 aliphatic rings. The van der Waals surface area contributed by atoms with Gasteiger partial charge in [0.25, 0.3) is 0 Å². The molecule has 0 spiro atoms. The van der Waals surface area contributed by atoms with E-state index < -0.39 is 0 Å². The number of hydrogen-bond acceptors (Lipinski definition) is 3. The van der Waals surface area contributed by atoms with E-state index in [0.29, 0.717) is 13.2 Å². The normalized spacial score (nSPS) is 21.5. The molecule has 116 valence electrons. The predicted octanol–water partition coefficient (Wildman–Crippen LogP) is 3.73. The fourth-order valence-electron chi connectivity index (χ4n) is 2.50. The van der Waals surface area contributed by atoms with E-state index in [1.165, 1.54) is 5.56 Å². The fourth-order valence-corrected chi connectivity index (χ4v) is 2.50. The van der Waals surface area contributed by atoms with Crippen LogP contribution in [0.3, 0.4) is 0 Å². The number of benzene rings is 1. The van der Waals surface area contributed by atoms with E-state index in [9.17, 15) is 0 Å². The second-order valence-corrected chi connectivity index (χ2v) is 6.73. The van der Waals surface area contributed by atoms with Gasteiger partial charge in [0.1, 0.15) is 0 Å². The van der Waals surface area contributed by atoms with Crippen LogP contribution in [-0.4, -0.2) is 31.5 Å². The third kappa shape index (κ3) is 3.88. The average molecular weight is 290 g/mol. The van der Waals surface area contributed by atoms with Gasteiger partial charge in [-0.1, -0.05) is 30.3 Å². The molecule has 1 saturated heterocycles. The molecule has 1 atom stereocenters. The molecule has 0 aliphatic carbocycles. The minimum absolute atomic E-state index is 0.202. The first kappa shape index (κ1) is 16.5. The van der Waals surface area contributed by atoms with Crippen LogP contribution in [0.5, 0.6) is 0 Å². The van der Waals surface area contributed by atoms with Gasteiger partial charge in [0, 0.05) is 19.0 Å². The zero-order valence-electron chi connectivity index (χ0n) is 13.9. The zero-order valence-corrected chi connectivity index (χ0v) is 13.9. The van der Waals surface area contributed by atoms with Gasteiger partial charge >= 0.3 is 7.12 Å². The molecule has 4 heteroatoms. The summed E-state index contributed by atoms with van der Waals surface area (Å²) in [5.74, 6) is 0.202. The maximum Gasteiger partial charge on any atom is 0.463 e. The molecule has 0 saturated carbocycles. The molecule has 0 amide bonds. The summed E-state index contributed by atoms with van der Waals surface area (Å²) in [5, 5.41) is 0. The molecule has 0 N–H and O–H groups in total. The second-order valence-electron chi connectivity index (χ2n) is 6.73. The molecular weight excluding hydrogens is 263 g/mol. The lowest BCUT2D eigenvalue weighted by Crippen LogP contribution is -2.41. The van der Waals surface area contributed by atoms with Gasteiger partial charge in [-0.05, 0) is 46.6 Å². The molecule has 0 bridgehead atoms. The molecule has 3 nitrogen and oxygen atoms in total. The summed E-state index contributed by atoms with van der Waals surface area (Å²) in [6.07, 6.45) is 0.900. The van der Waals surface area contributed by atoms with Crippen molar-refractivity contribution in [3.8, 4) is 0 Å². The van der Waals surface area contributed by atoms with Gasteiger partial charge in [0.2, 0.25) is 0 Å². The largest absolute Gasteiger partial charge is 0.463 e. The van der Waals surface area contributed by atoms with Gasteiger partial charge in [-0.25, -0.2) is 0 Å². The van der Waals surface area contributed by atoms with Gasteiger partial charge < -0.3 is 14.0 Å². The van der Waals surface area contributed by atoms with Crippen molar-refractivity contribution in [3.05, 3.63) is 35.9 Å². The van der Waals surface area contributed by atoms with Gasteiger partial charge in [-0.15, -0.1) is 0 Å². The Morgan fingerprint density at radius 2 is 1.62 bits per heavy atom. The Labute approximate surface area is 129 Å². The highest BCUT2D eigenvalue weighted by Crippen LogP contribution is 2.40. The Kier molecular flexibility index (Phi) is 5.13. The molecule has 1 fully saturated rings. The van der Waals surface area contributed by atoms with E-state index in [4.69, 9.17) is 14.0 Å². The molecule has 1 aromatic rings. The Bertz CT molecular complexity index is 429. The maximum atomic E-state index is 6.19. The van der Waals surface area contributed by atoms with E-state index in [-0.39, 0.29) is 24.1 Å². The summed E-state index contributed by atoms with van der Waals surface area (Å²) in [6, 6.07) is 10.5. The molecule has 1 aromatic carbocycles. The van der Waals surface area contributed by atoms with E-state index in [0.717, 1.165) is 6.42 Å². The molecular formula is C17H27BO3. The summed E-state index contributed by atoms with van der Waals surface area (Å²) in [6.45, 7) is 11.7. The van der Waals surface area contributed by atoms with Crippen LogP contribution in [0.4, 0.5) is 0 Å². The van der Waals surface area contributed by atoms with Gasteiger partial charge in [0.15, 0.2) is 0 Å². The summed E-state index contributed by atoms with van der Waals surface area (Å²) >= 11 is 0. The van der Waals surface area contributed by atoms with Gasteiger partial charge in [0.05, 0.1) is 11.2 Å². The highest BCUT2D eigenvalue weighted by molar-refractivity contribution is 6.47. The monoisotopic (exact) mass is 290 g/mol. The lowest BCUT2D eigenvalue weighted by Gasteiger charge is -2.32.